The molecule has 2 heterocycles. The number of aromatic hydroxyl groups is 1. The number of phenolic OH excluding ortho intramolecular Hbond substituents is 1. The second-order valence-corrected chi connectivity index (χ2v) is 6.05. The molecule has 0 saturated carbocycles. The SMILES string of the molecule is N=C(N)OCC1c2cc(O)ccc2Oc2ccc(-c3cccnc3)cc21. The molecule has 4 rings (SSSR count). The first kappa shape index (κ1) is 16.0. The van der Waals surface area contributed by atoms with Crippen LogP contribution in [0.2, 0.25) is 0 Å². The topological polar surface area (TPSA) is 101 Å². The Kier molecular flexibility index (Phi) is 3.93. The van der Waals surface area contributed by atoms with Gasteiger partial charge >= 0.3 is 0 Å². The number of nitrogens with two attached hydrogens (primary N) is 1. The summed E-state index contributed by atoms with van der Waals surface area (Å²) in [7, 11) is 0. The predicted octanol–water partition coefficient (Wildman–Crippen LogP) is 3.60. The van der Waals surface area contributed by atoms with Gasteiger partial charge in [0.2, 0.25) is 0 Å². The molecule has 0 amide bonds. The summed E-state index contributed by atoms with van der Waals surface area (Å²) >= 11 is 0. The third-order valence-corrected chi connectivity index (χ3v) is 4.37. The highest BCUT2D eigenvalue weighted by Gasteiger charge is 2.29. The summed E-state index contributed by atoms with van der Waals surface area (Å²) in [6.07, 6.45) is 3.53. The lowest BCUT2D eigenvalue weighted by atomic mass is 9.87. The summed E-state index contributed by atoms with van der Waals surface area (Å²) in [5.41, 5.74) is 9.06. The van der Waals surface area contributed by atoms with E-state index in [0.29, 0.717) is 11.5 Å². The molecule has 0 radical (unpaired) electrons. The minimum atomic E-state index is -0.344. The highest BCUT2D eigenvalue weighted by Crippen LogP contribution is 2.46. The zero-order chi connectivity index (χ0) is 18.1. The van der Waals surface area contributed by atoms with Crippen LogP contribution in [0.1, 0.15) is 17.0 Å². The average Bonchev–Trinajstić information content (AvgIpc) is 2.65. The Morgan fingerprint density at radius 3 is 2.62 bits per heavy atom. The van der Waals surface area contributed by atoms with Gasteiger partial charge in [-0.1, -0.05) is 12.1 Å². The number of amidine groups is 1. The number of ether oxygens (including phenoxy) is 2. The number of benzene rings is 2. The Bertz CT molecular complexity index is 973. The lowest BCUT2D eigenvalue weighted by Crippen LogP contribution is -2.21. The zero-order valence-corrected chi connectivity index (χ0v) is 13.8. The summed E-state index contributed by atoms with van der Waals surface area (Å²) in [4.78, 5) is 4.17. The fraction of sp³-hybridized carbons (Fsp3) is 0.100. The molecule has 1 aromatic heterocycles. The fourth-order valence-electron chi connectivity index (χ4n) is 3.17. The maximum absolute atomic E-state index is 9.89. The Balaban J connectivity index is 1.81. The largest absolute Gasteiger partial charge is 0.508 e. The summed E-state index contributed by atoms with van der Waals surface area (Å²) in [5.74, 6) is 1.29. The summed E-state index contributed by atoms with van der Waals surface area (Å²) < 4.78 is 11.3. The molecule has 3 aromatic rings. The molecule has 6 heteroatoms. The summed E-state index contributed by atoms with van der Waals surface area (Å²) in [6, 6.07) is 14.4. The molecule has 2 aromatic carbocycles. The third kappa shape index (κ3) is 2.93. The molecule has 1 aliphatic rings. The number of hydrogen-bond acceptors (Lipinski definition) is 5. The monoisotopic (exact) mass is 347 g/mol. The van der Waals surface area contributed by atoms with Gasteiger partial charge in [-0.15, -0.1) is 0 Å². The van der Waals surface area contributed by atoms with Crippen LogP contribution in [0.3, 0.4) is 0 Å². The van der Waals surface area contributed by atoms with Gasteiger partial charge in [0.15, 0.2) is 0 Å². The van der Waals surface area contributed by atoms with E-state index >= 15 is 0 Å². The minimum absolute atomic E-state index is 0.145. The van der Waals surface area contributed by atoms with E-state index < -0.39 is 0 Å². The second-order valence-electron chi connectivity index (χ2n) is 6.05. The van der Waals surface area contributed by atoms with Crippen LogP contribution < -0.4 is 10.5 Å². The van der Waals surface area contributed by atoms with Crippen LogP contribution in [0.25, 0.3) is 11.1 Å². The van der Waals surface area contributed by atoms with Gasteiger partial charge in [0, 0.05) is 29.1 Å². The molecule has 130 valence electrons. The van der Waals surface area contributed by atoms with Gasteiger partial charge in [-0.05, 0) is 42.0 Å². The van der Waals surface area contributed by atoms with E-state index in [1.165, 1.54) is 0 Å². The maximum atomic E-state index is 9.89. The number of nitrogens with zero attached hydrogens (tertiary/aromatic N) is 1. The van der Waals surface area contributed by atoms with Crippen LogP contribution in [-0.2, 0) is 4.74 Å². The Morgan fingerprint density at radius 1 is 1.12 bits per heavy atom. The molecule has 4 N–H and O–H groups in total. The molecule has 0 spiro atoms. The minimum Gasteiger partial charge on any atom is -0.508 e. The van der Waals surface area contributed by atoms with Gasteiger partial charge in [-0.3, -0.25) is 10.4 Å². The summed E-state index contributed by atoms with van der Waals surface area (Å²) in [5, 5.41) is 17.3. The number of hydrogen-bond donors (Lipinski definition) is 3. The van der Waals surface area contributed by atoms with Crippen molar-refractivity contribution in [1.29, 1.82) is 5.41 Å². The van der Waals surface area contributed by atoms with E-state index in [1.807, 2.05) is 30.3 Å². The van der Waals surface area contributed by atoms with Gasteiger partial charge in [0.05, 0.1) is 5.92 Å². The van der Waals surface area contributed by atoms with Crippen LogP contribution in [0.15, 0.2) is 60.9 Å². The smallest absolute Gasteiger partial charge is 0.279 e. The van der Waals surface area contributed by atoms with Crippen molar-refractivity contribution < 1.29 is 14.6 Å². The summed E-state index contributed by atoms with van der Waals surface area (Å²) in [6.45, 7) is 0.179. The second kappa shape index (κ2) is 6.40. The van der Waals surface area contributed by atoms with Crippen molar-refractivity contribution in [3.8, 4) is 28.4 Å². The van der Waals surface area contributed by atoms with Crippen LogP contribution >= 0.6 is 0 Å². The van der Waals surface area contributed by atoms with E-state index in [1.54, 1.807) is 30.6 Å². The maximum Gasteiger partial charge on any atom is 0.279 e. The average molecular weight is 347 g/mol. The normalized spacial score (nSPS) is 14.7. The van der Waals surface area contributed by atoms with Crippen molar-refractivity contribution in [2.75, 3.05) is 6.61 Å². The van der Waals surface area contributed by atoms with Gasteiger partial charge in [0.25, 0.3) is 6.02 Å². The molecule has 0 saturated heterocycles. The molecule has 0 fully saturated rings. The van der Waals surface area contributed by atoms with E-state index in [-0.39, 0.29) is 24.3 Å². The van der Waals surface area contributed by atoms with Gasteiger partial charge < -0.3 is 20.3 Å². The fourth-order valence-corrected chi connectivity index (χ4v) is 3.17. The van der Waals surface area contributed by atoms with Crippen molar-refractivity contribution in [1.82, 2.24) is 4.98 Å². The van der Waals surface area contributed by atoms with Crippen molar-refractivity contribution in [2.45, 2.75) is 5.92 Å². The molecule has 26 heavy (non-hydrogen) atoms. The zero-order valence-electron chi connectivity index (χ0n) is 13.8. The van der Waals surface area contributed by atoms with Crippen molar-refractivity contribution in [3.63, 3.8) is 0 Å². The molecule has 6 nitrogen and oxygen atoms in total. The number of nitrogens with one attached hydrogen (secondary N) is 1. The standard InChI is InChI=1S/C20H17N3O3/c21-20(22)25-11-17-15-8-12(13-2-1-7-23-10-13)3-5-18(15)26-19-6-4-14(24)9-16(17)19/h1-10,17,24H,11H2,(H3,21,22). The van der Waals surface area contributed by atoms with Gasteiger partial charge in [-0.25, -0.2) is 0 Å². The van der Waals surface area contributed by atoms with E-state index in [4.69, 9.17) is 20.6 Å². The molecule has 1 atom stereocenters. The van der Waals surface area contributed by atoms with Gasteiger partial charge in [0.1, 0.15) is 23.9 Å². The number of rotatable bonds is 3. The van der Waals surface area contributed by atoms with Crippen LogP contribution in [0, 0.1) is 5.41 Å². The molecule has 0 aliphatic carbocycles. The molecular formula is C20H17N3O3. The Labute approximate surface area is 150 Å². The number of aromatic nitrogens is 1. The first-order valence-electron chi connectivity index (χ1n) is 8.14. The first-order chi connectivity index (χ1) is 12.6. The lowest BCUT2D eigenvalue weighted by molar-refractivity contribution is 0.274. The van der Waals surface area contributed by atoms with Crippen molar-refractivity contribution in [3.05, 3.63) is 72.1 Å². The predicted molar refractivity (Wildman–Crippen MR) is 97.6 cm³/mol. The highest BCUT2D eigenvalue weighted by molar-refractivity contribution is 5.69. The number of fused-ring (bicyclic) bond motifs is 2. The quantitative estimate of drug-likeness (QED) is 0.496. The third-order valence-electron chi connectivity index (χ3n) is 4.37. The van der Waals surface area contributed by atoms with Crippen LogP contribution in [0.4, 0.5) is 0 Å². The molecule has 1 aliphatic heterocycles. The molecule has 1 unspecified atom stereocenters. The Morgan fingerprint density at radius 2 is 1.88 bits per heavy atom. The van der Waals surface area contributed by atoms with E-state index in [9.17, 15) is 5.11 Å². The highest BCUT2D eigenvalue weighted by atomic mass is 16.5. The van der Waals surface area contributed by atoms with Crippen molar-refractivity contribution in [2.24, 2.45) is 5.73 Å². The van der Waals surface area contributed by atoms with Crippen molar-refractivity contribution >= 4 is 6.02 Å². The Hall–Kier alpha value is -3.54. The number of pyridine rings is 1. The number of phenols is 1. The van der Waals surface area contributed by atoms with Crippen LogP contribution in [-0.4, -0.2) is 22.7 Å². The van der Waals surface area contributed by atoms with Crippen LogP contribution in [0.5, 0.6) is 17.2 Å². The lowest BCUT2D eigenvalue weighted by Gasteiger charge is -2.28. The molecular weight excluding hydrogens is 330 g/mol. The molecule has 0 bridgehead atoms. The van der Waals surface area contributed by atoms with E-state index in [2.05, 4.69) is 4.98 Å². The first-order valence-corrected chi connectivity index (χ1v) is 8.14. The van der Waals surface area contributed by atoms with E-state index in [0.717, 1.165) is 22.3 Å². The van der Waals surface area contributed by atoms with Gasteiger partial charge in [-0.2, -0.15) is 0 Å².